The van der Waals surface area contributed by atoms with E-state index in [1.54, 1.807) is 6.20 Å². The van der Waals surface area contributed by atoms with E-state index in [0.717, 1.165) is 66.6 Å². The minimum Gasteiger partial charge on any atom is -0.300 e. The molecule has 5 nitrogen and oxygen atoms in total. The van der Waals surface area contributed by atoms with Crippen LogP contribution in [0, 0.1) is 6.57 Å². The molecule has 50 heavy (non-hydrogen) atoms. The van der Waals surface area contributed by atoms with Gasteiger partial charge in [0.2, 0.25) is 0 Å². The van der Waals surface area contributed by atoms with Crippen LogP contribution in [0.4, 0.5) is 0 Å². The highest BCUT2D eigenvalue weighted by Gasteiger charge is 2.45. The number of nitrogens with zero attached hydrogens (tertiary/aromatic N) is 5. The van der Waals surface area contributed by atoms with Gasteiger partial charge in [-0.2, -0.15) is 0 Å². The Bertz CT molecular complexity index is 2550. The lowest BCUT2D eigenvalue weighted by molar-refractivity contribution is 0.742. The quantitative estimate of drug-likeness (QED) is 0.176. The molecule has 0 amide bonds. The molecule has 8 aromatic rings. The van der Waals surface area contributed by atoms with Crippen LogP contribution in [0.25, 0.3) is 83.2 Å². The summed E-state index contributed by atoms with van der Waals surface area (Å²) in [6, 6.07) is 49.8. The lowest BCUT2D eigenvalue weighted by Gasteiger charge is -2.16. The molecule has 0 saturated carbocycles. The van der Waals surface area contributed by atoms with Gasteiger partial charge in [-0.25, -0.2) is 21.5 Å². The van der Waals surface area contributed by atoms with Gasteiger partial charge >= 0.3 is 0 Å². The van der Waals surface area contributed by atoms with Gasteiger partial charge in [-0.05, 0) is 81.1 Å². The van der Waals surface area contributed by atoms with Gasteiger partial charge in [-0.3, -0.25) is 4.98 Å². The van der Waals surface area contributed by atoms with E-state index in [4.69, 9.17) is 21.5 Å². The Kier molecular flexibility index (Phi) is 6.89. The number of aromatic nitrogens is 4. The molecule has 0 radical (unpaired) electrons. The van der Waals surface area contributed by atoms with Crippen LogP contribution >= 0.6 is 0 Å². The number of rotatable bonds is 5. The molecule has 5 heteroatoms. The van der Waals surface area contributed by atoms with E-state index in [2.05, 4.69) is 88.7 Å². The number of pyridine rings is 1. The number of benzene rings is 6. The molecule has 6 aromatic carbocycles. The first-order valence-corrected chi connectivity index (χ1v) is 16.6. The third kappa shape index (κ3) is 4.94. The smallest absolute Gasteiger partial charge is 0.281 e. The Balaban J connectivity index is 1.24. The van der Waals surface area contributed by atoms with E-state index in [9.17, 15) is 0 Å². The van der Waals surface area contributed by atoms with Gasteiger partial charge in [-0.15, -0.1) is 0 Å². The van der Waals surface area contributed by atoms with Crippen molar-refractivity contribution in [2.75, 3.05) is 0 Å². The molecule has 2 aromatic heterocycles. The van der Waals surface area contributed by atoms with Crippen molar-refractivity contribution in [3.05, 3.63) is 181 Å². The van der Waals surface area contributed by atoms with Crippen LogP contribution in [-0.2, 0) is 5.54 Å². The summed E-state index contributed by atoms with van der Waals surface area (Å²) in [6.45, 7) is 10.5. The van der Waals surface area contributed by atoms with Crippen molar-refractivity contribution in [1.29, 1.82) is 0 Å². The van der Waals surface area contributed by atoms with Gasteiger partial charge < -0.3 is 4.85 Å². The monoisotopic (exact) mass is 639 g/mol. The van der Waals surface area contributed by atoms with E-state index >= 15 is 0 Å². The number of hydrogen-bond donors (Lipinski definition) is 0. The van der Waals surface area contributed by atoms with Crippen molar-refractivity contribution in [2.45, 2.75) is 12.5 Å². The van der Waals surface area contributed by atoms with Crippen molar-refractivity contribution in [3.63, 3.8) is 0 Å². The van der Waals surface area contributed by atoms with Gasteiger partial charge in [0.25, 0.3) is 5.54 Å². The summed E-state index contributed by atoms with van der Waals surface area (Å²) >= 11 is 0. The standard InChI is InChI=1S/C45H29N5/c1-45(46-2)40-27-33(19-20-38(40)39-25-31-16-9-10-17-32(31)26-41(39)45)35-22-36(34-18-11-21-47-28-34)24-37(23-35)44-49-42(29-12-5-3-6-13-29)48-43(50-44)30-14-7-4-8-15-30/h3-28H,1H3. The van der Waals surface area contributed by atoms with Gasteiger partial charge in [0, 0.05) is 52.7 Å². The molecule has 1 aliphatic rings. The lowest BCUT2D eigenvalue weighted by Crippen LogP contribution is -2.15. The van der Waals surface area contributed by atoms with Crippen molar-refractivity contribution in [2.24, 2.45) is 0 Å². The summed E-state index contributed by atoms with van der Waals surface area (Å²) in [5.74, 6) is 1.80. The SMILES string of the molecule is [C-]#[N+]C1(C)c2cc(-c3cc(-c4cccnc4)cc(-c4nc(-c5ccccc5)nc(-c5ccccc5)n4)c3)ccc2-c2cc3ccccc3cc21. The Morgan fingerprint density at radius 1 is 0.460 bits per heavy atom. The Labute approximate surface area is 290 Å². The van der Waals surface area contributed by atoms with Crippen LogP contribution in [0.5, 0.6) is 0 Å². The molecule has 1 unspecified atom stereocenters. The minimum atomic E-state index is -0.808. The Hall–Kier alpha value is -6.77. The second-order valence-corrected chi connectivity index (χ2v) is 12.8. The topological polar surface area (TPSA) is 55.9 Å². The molecule has 0 bridgehead atoms. The first kappa shape index (κ1) is 29.4. The Morgan fingerprint density at radius 2 is 1.00 bits per heavy atom. The van der Waals surface area contributed by atoms with E-state index in [-0.39, 0.29) is 0 Å². The molecular weight excluding hydrogens is 611 g/mol. The molecule has 0 fully saturated rings. The van der Waals surface area contributed by atoms with Crippen molar-refractivity contribution in [1.82, 2.24) is 19.9 Å². The maximum absolute atomic E-state index is 8.41. The molecule has 1 aliphatic carbocycles. The van der Waals surface area contributed by atoms with E-state index < -0.39 is 5.54 Å². The van der Waals surface area contributed by atoms with Crippen LogP contribution in [0.2, 0.25) is 0 Å². The third-order valence-electron chi connectivity index (χ3n) is 9.69. The predicted molar refractivity (Wildman–Crippen MR) is 201 cm³/mol. The lowest BCUT2D eigenvalue weighted by atomic mass is 9.87. The predicted octanol–water partition coefficient (Wildman–Crippen LogP) is 10.9. The summed E-state index contributed by atoms with van der Waals surface area (Å²) in [5.41, 5.74) is 10.2. The second kappa shape index (κ2) is 11.7. The maximum atomic E-state index is 8.41. The highest BCUT2D eigenvalue weighted by atomic mass is 15.0. The van der Waals surface area contributed by atoms with E-state index in [1.807, 2.05) is 79.9 Å². The summed E-state index contributed by atoms with van der Waals surface area (Å²) in [4.78, 5) is 23.7. The largest absolute Gasteiger partial charge is 0.300 e. The molecular formula is C45H29N5. The zero-order valence-electron chi connectivity index (χ0n) is 27.2. The summed E-state index contributed by atoms with van der Waals surface area (Å²) in [6.07, 6.45) is 3.66. The van der Waals surface area contributed by atoms with Gasteiger partial charge in [0.1, 0.15) is 0 Å². The van der Waals surface area contributed by atoms with Gasteiger partial charge in [0.05, 0.1) is 0 Å². The van der Waals surface area contributed by atoms with Crippen LogP contribution in [-0.4, -0.2) is 19.9 Å². The van der Waals surface area contributed by atoms with Crippen LogP contribution in [0.1, 0.15) is 18.1 Å². The van der Waals surface area contributed by atoms with Gasteiger partial charge in [-0.1, -0.05) is 103 Å². The van der Waals surface area contributed by atoms with Crippen molar-refractivity contribution >= 4 is 10.8 Å². The zero-order chi connectivity index (χ0) is 33.7. The second-order valence-electron chi connectivity index (χ2n) is 12.8. The fourth-order valence-electron chi connectivity index (χ4n) is 7.05. The molecule has 1 atom stereocenters. The summed E-state index contributed by atoms with van der Waals surface area (Å²) in [7, 11) is 0. The molecule has 0 saturated heterocycles. The first-order valence-electron chi connectivity index (χ1n) is 16.6. The average Bonchev–Trinajstić information content (AvgIpc) is 3.44. The molecule has 0 spiro atoms. The molecule has 2 heterocycles. The first-order chi connectivity index (χ1) is 24.6. The Morgan fingerprint density at radius 3 is 1.62 bits per heavy atom. The molecule has 234 valence electrons. The molecule has 0 aliphatic heterocycles. The van der Waals surface area contributed by atoms with E-state index in [1.165, 1.54) is 5.39 Å². The van der Waals surface area contributed by atoms with Crippen molar-refractivity contribution < 1.29 is 0 Å². The highest BCUT2D eigenvalue weighted by Crippen LogP contribution is 2.52. The summed E-state index contributed by atoms with van der Waals surface area (Å²) < 4.78 is 0. The number of hydrogen-bond acceptors (Lipinski definition) is 4. The fraction of sp³-hybridized carbons (Fsp3) is 0.0444. The zero-order valence-corrected chi connectivity index (χ0v) is 27.2. The fourth-order valence-corrected chi connectivity index (χ4v) is 7.05. The maximum Gasteiger partial charge on any atom is 0.281 e. The minimum absolute atomic E-state index is 0.580. The van der Waals surface area contributed by atoms with E-state index in [0.29, 0.717) is 17.5 Å². The van der Waals surface area contributed by atoms with Crippen LogP contribution < -0.4 is 0 Å². The van der Waals surface area contributed by atoms with Crippen molar-refractivity contribution in [3.8, 4) is 67.5 Å². The van der Waals surface area contributed by atoms with Crippen LogP contribution in [0.3, 0.4) is 0 Å². The highest BCUT2D eigenvalue weighted by molar-refractivity contribution is 5.95. The molecule has 9 rings (SSSR count). The number of fused-ring (bicyclic) bond motifs is 4. The summed E-state index contributed by atoms with van der Waals surface area (Å²) in [5, 5.41) is 2.32. The van der Waals surface area contributed by atoms with Crippen LogP contribution in [0.15, 0.2) is 158 Å². The normalized spacial score (nSPS) is 14.6. The average molecular weight is 640 g/mol. The van der Waals surface area contributed by atoms with Gasteiger partial charge in [0.15, 0.2) is 17.5 Å². The third-order valence-corrected chi connectivity index (χ3v) is 9.69. The molecule has 0 N–H and O–H groups in total.